The van der Waals surface area contributed by atoms with Crippen LogP contribution in [0.2, 0.25) is 0 Å². The van der Waals surface area contributed by atoms with Crippen LogP contribution in [0.5, 0.6) is 0 Å². The number of carbonyl (C=O) groups excluding carboxylic acids is 1. The van der Waals surface area contributed by atoms with E-state index >= 15 is 0 Å². The summed E-state index contributed by atoms with van der Waals surface area (Å²) in [5, 5.41) is 11.9. The fourth-order valence-electron chi connectivity index (χ4n) is 3.86. The molecule has 1 aromatic heterocycles. The third kappa shape index (κ3) is 3.42. The van der Waals surface area contributed by atoms with Crippen molar-refractivity contribution >= 4 is 16.9 Å². The molecule has 1 amide bonds. The first-order chi connectivity index (χ1) is 12.1. The molecule has 1 aromatic carbocycles. The number of rotatable bonds is 3. The molecule has 2 fully saturated rings. The highest BCUT2D eigenvalue weighted by Gasteiger charge is 2.37. The molecule has 134 valence electrons. The molecular weight excluding hydrogens is 320 g/mol. The number of furan rings is 1. The molecule has 4 rings (SSSR count). The third-order valence-electron chi connectivity index (χ3n) is 5.08. The maximum atomic E-state index is 13.0. The van der Waals surface area contributed by atoms with Crippen LogP contribution in [0.1, 0.15) is 23.2 Å². The van der Waals surface area contributed by atoms with E-state index in [1.54, 1.807) is 4.90 Å². The second-order valence-electron chi connectivity index (χ2n) is 7.13. The quantitative estimate of drug-likeness (QED) is 0.919. The Kier molecular flexibility index (Phi) is 4.50. The number of ether oxygens (including phenoxy) is 1. The highest BCUT2D eigenvalue weighted by atomic mass is 16.5. The van der Waals surface area contributed by atoms with Crippen molar-refractivity contribution in [3.05, 3.63) is 36.1 Å². The lowest BCUT2D eigenvalue weighted by Gasteiger charge is -2.33. The molecule has 2 aliphatic rings. The Morgan fingerprint density at radius 1 is 1.20 bits per heavy atom. The smallest absolute Gasteiger partial charge is 0.257 e. The lowest BCUT2D eigenvalue weighted by molar-refractivity contribution is -0.0524. The summed E-state index contributed by atoms with van der Waals surface area (Å²) in [6, 6.07) is 7.51. The van der Waals surface area contributed by atoms with E-state index in [0.29, 0.717) is 30.8 Å². The van der Waals surface area contributed by atoms with Crippen LogP contribution in [0.3, 0.4) is 0 Å². The first-order valence-corrected chi connectivity index (χ1v) is 8.93. The number of para-hydroxylation sites is 1. The lowest BCUT2D eigenvalue weighted by Crippen LogP contribution is -2.53. The van der Waals surface area contributed by atoms with E-state index in [1.165, 1.54) is 19.1 Å². The van der Waals surface area contributed by atoms with Crippen molar-refractivity contribution in [2.24, 2.45) is 0 Å². The van der Waals surface area contributed by atoms with Crippen molar-refractivity contribution < 1.29 is 19.1 Å². The fraction of sp³-hybridized carbons (Fsp3) is 0.526. The maximum absolute atomic E-state index is 13.0. The Bertz CT molecular complexity index is 753. The number of carbonyl (C=O) groups is 1. The zero-order chi connectivity index (χ0) is 17.3. The van der Waals surface area contributed by atoms with Gasteiger partial charge in [0.2, 0.25) is 0 Å². The Labute approximate surface area is 146 Å². The van der Waals surface area contributed by atoms with Gasteiger partial charge in [0.15, 0.2) is 0 Å². The van der Waals surface area contributed by atoms with Gasteiger partial charge in [-0.05, 0) is 32.0 Å². The molecule has 0 saturated carbocycles. The number of aliphatic hydroxyl groups is 1. The van der Waals surface area contributed by atoms with Gasteiger partial charge >= 0.3 is 0 Å². The van der Waals surface area contributed by atoms with Gasteiger partial charge in [0.05, 0.1) is 25.3 Å². The fourth-order valence-corrected chi connectivity index (χ4v) is 3.86. The van der Waals surface area contributed by atoms with Crippen molar-refractivity contribution in [1.29, 1.82) is 0 Å². The van der Waals surface area contributed by atoms with Crippen molar-refractivity contribution in [2.75, 3.05) is 45.9 Å². The highest BCUT2D eigenvalue weighted by molar-refractivity contribution is 6.05. The lowest BCUT2D eigenvalue weighted by atomic mass is 10.0. The molecule has 1 N–H and O–H groups in total. The Morgan fingerprint density at radius 3 is 2.84 bits per heavy atom. The average Bonchev–Trinajstić information content (AvgIpc) is 3.22. The first kappa shape index (κ1) is 16.6. The minimum atomic E-state index is -1.03. The topological polar surface area (TPSA) is 66.2 Å². The average molecular weight is 344 g/mol. The summed E-state index contributed by atoms with van der Waals surface area (Å²) < 4.78 is 11.1. The minimum absolute atomic E-state index is 0.115. The van der Waals surface area contributed by atoms with E-state index in [1.807, 2.05) is 24.3 Å². The number of likely N-dealkylation sites (tertiary alicyclic amines) is 1. The zero-order valence-electron chi connectivity index (χ0n) is 14.3. The van der Waals surface area contributed by atoms with Gasteiger partial charge in [0.1, 0.15) is 17.4 Å². The molecule has 25 heavy (non-hydrogen) atoms. The molecule has 6 nitrogen and oxygen atoms in total. The van der Waals surface area contributed by atoms with Gasteiger partial charge in [-0.15, -0.1) is 0 Å². The molecule has 2 aromatic rings. The molecular formula is C19H24N2O4. The number of hydrogen-bond donors (Lipinski definition) is 1. The molecule has 2 aliphatic heterocycles. The van der Waals surface area contributed by atoms with Gasteiger partial charge in [0.25, 0.3) is 5.91 Å². The molecule has 6 heteroatoms. The minimum Gasteiger partial charge on any atom is -0.463 e. The molecule has 3 heterocycles. The summed E-state index contributed by atoms with van der Waals surface area (Å²) in [5.41, 5.74) is 0.209. The number of fused-ring (bicyclic) bond motifs is 1. The number of amides is 1. The normalized spacial score (nSPS) is 25.4. The van der Waals surface area contributed by atoms with E-state index in [2.05, 4.69) is 4.90 Å². The van der Waals surface area contributed by atoms with E-state index in [9.17, 15) is 9.90 Å². The van der Waals surface area contributed by atoms with Crippen LogP contribution in [-0.4, -0.2) is 72.4 Å². The van der Waals surface area contributed by atoms with Crippen LogP contribution in [0, 0.1) is 0 Å². The van der Waals surface area contributed by atoms with E-state index in [0.717, 1.165) is 18.5 Å². The molecule has 0 bridgehead atoms. The van der Waals surface area contributed by atoms with E-state index < -0.39 is 5.60 Å². The van der Waals surface area contributed by atoms with Gasteiger partial charge in [-0.25, -0.2) is 0 Å². The summed E-state index contributed by atoms with van der Waals surface area (Å²) >= 11 is 0. The highest BCUT2D eigenvalue weighted by Crippen LogP contribution is 2.24. The van der Waals surface area contributed by atoms with Gasteiger partial charge < -0.3 is 24.1 Å². The largest absolute Gasteiger partial charge is 0.463 e. The van der Waals surface area contributed by atoms with E-state index in [-0.39, 0.29) is 19.1 Å². The first-order valence-electron chi connectivity index (χ1n) is 8.93. The third-order valence-corrected chi connectivity index (χ3v) is 5.08. The Morgan fingerprint density at radius 2 is 2.00 bits per heavy atom. The van der Waals surface area contributed by atoms with Gasteiger partial charge in [-0.3, -0.25) is 4.79 Å². The second kappa shape index (κ2) is 6.78. The standard InChI is InChI=1S/C19H24N2O4/c22-18(16-11-25-17-6-2-1-5-15(16)17)21-9-10-24-14-19(23,13-21)12-20-7-3-4-8-20/h1-2,5-6,11,23H,3-4,7-10,12-14H2/t19-/m1/s1. The number of hydrogen-bond acceptors (Lipinski definition) is 5. The summed E-state index contributed by atoms with van der Waals surface area (Å²) in [7, 11) is 0. The summed E-state index contributed by atoms with van der Waals surface area (Å²) in [6.45, 7) is 4.00. The molecule has 0 unspecified atom stereocenters. The molecule has 0 radical (unpaired) electrons. The maximum Gasteiger partial charge on any atom is 0.257 e. The van der Waals surface area contributed by atoms with Crippen LogP contribution in [0.4, 0.5) is 0 Å². The Hall–Kier alpha value is -1.89. The number of benzene rings is 1. The van der Waals surface area contributed by atoms with Gasteiger partial charge in [-0.2, -0.15) is 0 Å². The monoisotopic (exact) mass is 344 g/mol. The van der Waals surface area contributed by atoms with Crippen molar-refractivity contribution in [3.8, 4) is 0 Å². The predicted octanol–water partition coefficient (Wildman–Crippen LogP) is 1.73. The number of nitrogens with zero attached hydrogens (tertiary/aromatic N) is 2. The van der Waals surface area contributed by atoms with Gasteiger partial charge in [0, 0.05) is 18.5 Å². The Balaban J connectivity index is 1.54. The van der Waals surface area contributed by atoms with Crippen molar-refractivity contribution in [3.63, 3.8) is 0 Å². The summed E-state index contributed by atoms with van der Waals surface area (Å²) in [4.78, 5) is 17.0. The van der Waals surface area contributed by atoms with Crippen LogP contribution in [0.25, 0.3) is 11.0 Å². The van der Waals surface area contributed by atoms with Crippen molar-refractivity contribution in [2.45, 2.75) is 18.4 Å². The second-order valence-corrected chi connectivity index (χ2v) is 7.13. The zero-order valence-corrected chi connectivity index (χ0v) is 14.3. The van der Waals surface area contributed by atoms with E-state index in [4.69, 9.17) is 9.15 Å². The van der Waals surface area contributed by atoms with Crippen LogP contribution in [0.15, 0.2) is 34.9 Å². The van der Waals surface area contributed by atoms with Crippen LogP contribution >= 0.6 is 0 Å². The molecule has 2 saturated heterocycles. The number of β-amino-alcohol motifs (C(OH)–C–C–N with tert-alkyl or cyclic N) is 1. The summed E-state index contributed by atoms with van der Waals surface area (Å²) in [6.07, 6.45) is 3.85. The molecule has 1 atom stereocenters. The molecule has 0 spiro atoms. The van der Waals surface area contributed by atoms with Crippen molar-refractivity contribution in [1.82, 2.24) is 9.80 Å². The SMILES string of the molecule is O=C(c1coc2ccccc12)N1CCOC[C@@](O)(CN2CCCC2)C1. The van der Waals surface area contributed by atoms with Gasteiger partial charge in [-0.1, -0.05) is 18.2 Å². The van der Waals surface area contributed by atoms with Crippen LogP contribution < -0.4 is 0 Å². The predicted molar refractivity (Wildman–Crippen MR) is 93.6 cm³/mol. The summed E-state index contributed by atoms with van der Waals surface area (Å²) in [5.74, 6) is -0.115. The molecule has 0 aliphatic carbocycles. The van der Waals surface area contributed by atoms with Crippen LogP contribution in [-0.2, 0) is 4.74 Å².